The summed E-state index contributed by atoms with van der Waals surface area (Å²) in [5, 5.41) is 3.49. The van der Waals surface area contributed by atoms with Gasteiger partial charge < -0.3 is 15.0 Å². The van der Waals surface area contributed by atoms with E-state index in [2.05, 4.69) is 34.5 Å². The van der Waals surface area contributed by atoms with E-state index in [1.807, 2.05) is 31.2 Å². The number of aryl methyl sites for hydroxylation is 1. The van der Waals surface area contributed by atoms with Crippen molar-refractivity contribution in [2.24, 2.45) is 11.8 Å². The van der Waals surface area contributed by atoms with Gasteiger partial charge >= 0.3 is 0 Å². The molecule has 0 aromatic heterocycles. The third-order valence-corrected chi connectivity index (χ3v) is 5.55. The highest BCUT2D eigenvalue weighted by Crippen LogP contribution is 2.43. The lowest BCUT2D eigenvalue weighted by atomic mass is 9.89. The number of carbonyl (C=O) groups is 1. The number of ether oxygens (including phenoxy) is 1. The van der Waals surface area contributed by atoms with E-state index < -0.39 is 0 Å². The Morgan fingerprint density at radius 1 is 1.15 bits per heavy atom. The summed E-state index contributed by atoms with van der Waals surface area (Å²) in [6, 6.07) is 16.3. The Morgan fingerprint density at radius 2 is 1.92 bits per heavy atom. The van der Waals surface area contributed by atoms with Crippen molar-refractivity contribution in [2.75, 3.05) is 26.7 Å². The molecule has 0 saturated carbocycles. The molecule has 0 radical (unpaired) electrons. The Hall–Kier alpha value is -2.04. The van der Waals surface area contributed by atoms with Crippen LogP contribution in [-0.4, -0.2) is 37.6 Å². The number of rotatable bonds is 3. The molecule has 2 heterocycles. The number of likely N-dealkylation sites (tertiary alicyclic amines) is 1. The van der Waals surface area contributed by atoms with Gasteiger partial charge in [-0.25, -0.2) is 0 Å². The van der Waals surface area contributed by atoms with E-state index in [0.29, 0.717) is 23.1 Å². The van der Waals surface area contributed by atoms with Crippen molar-refractivity contribution in [3.05, 3.63) is 65.2 Å². The van der Waals surface area contributed by atoms with Crippen molar-refractivity contribution < 1.29 is 9.53 Å². The maximum atomic E-state index is 13.4. The average Bonchev–Trinajstić information content (AvgIpc) is 3.22. The summed E-state index contributed by atoms with van der Waals surface area (Å²) in [6.07, 6.45) is 0. The molecule has 26 heavy (non-hydrogen) atoms. The number of benzene rings is 2. The first-order valence-electron chi connectivity index (χ1n) is 8.90. The molecule has 2 saturated heterocycles. The zero-order valence-corrected chi connectivity index (χ0v) is 16.0. The summed E-state index contributed by atoms with van der Waals surface area (Å²) < 4.78 is 5.46. The van der Waals surface area contributed by atoms with E-state index in [1.54, 1.807) is 7.11 Å². The van der Waals surface area contributed by atoms with E-state index in [-0.39, 0.29) is 24.4 Å². The maximum Gasteiger partial charge on any atom is 0.258 e. The predicted octanol–water partition coefficient (Wildman–Crippen LogP) is 3.46. The molecule has 2 aromatic rings. The quantitative estimate of drug-likeness (QED) is 0.897. The second-order valence-corrected chi connectivity index (χ2v) is 7.10. The minimum absolute atomic E-state index is 0. The molecule has 0 spiro atoms. The fourth-order valence-corrected chi connectivity index (χ4v) is 4.35. The molecule has 1 N–H and O–H groups in total. The van der Waals surface area contributed by atoms with Crippen molar-refractivity contribution in [1.82, 2.24) is 10.2 Å². The van der Waals surface area contributed by atoms with Crippen LogP contribution in [0.25, 0.3) is 0 Å². The fraction of sp³-hybridized carbons (Fsp3) is 0.381. The van der Waals surface area contributed by atoms with Crippen LogP contribution in [0.5, 0.6) is 5.75 Å². The largest absolute Gasteiger partial charge is 0.496 e. The Bertz CT molecular complexity index is 781. The standard InChI is InChI=1S/C21H24N2O2.ClH/c1-14-8-9-19(25-2)17(10-14)21(24)23-13-16-11-22-12-18(16)20(23)15-6-4-3-5-7-15;/h3-10,16,18,20,22H,11-13H2,1-2H3;1H/t16-,18-,20+;/m0./s1. The van der Waals surface area contributed by atoms with Crippen LogP contribution in [0.1, 0.15) is 27.5 Å². The van der Waals surface area contributed by atoms with E-state index in [0.717, 1.165) is 25.2 Å². The Labute approximate surface area is 160 Å². The lowest BCUT2D eigenvalue weighted by Crippen LogP contribution is -2.35. The summed E-state index contributed by atoms with van der Waals surface area (Å²) in [4.78, 5) is 15.5. The van der Waals surface area contributed by atoms with Crippen molar-refractivity contribution in [2.45, 2.75) is 13.0 Å². The molecule has 4 nitrogen and oxygen atoms in total. The number of fused-ring (bicyclic) bond motifs is 1. The molecule has 0 aliphatic carbocycles. The van der Waals surface area contributed by atoms with Crippen LogP contribution in [-0.2, 0) is 0 Å². The molecule has 138 valence electrons. The molecule has 1 amide bonds. The summed E-state index contributed by atoms with van der Waals surface area (Å²) in [6.45, 7) is 4.77. The van der Waals surface area contributed by atoms with Gasteiger partial charge in [0.1, 0.15) is 5.75 Å². The maximum absolute atomic E-state index is 13.4. The van der Waals surface area contributed by atoms with Crippen LogP contribution in [0.15, 0.2) is 48.5 Å². The minimum atomic E-state index is 0. The third kappa shape index (κ3) is 3.19. The van der Waals surface area contributed by atoms with Gasteiger partial charge in [0.2, 0.25) is 0 Å². The number of methoxy groups -OCH3 is 1. The minimum Gasteiger partial charge on any atom is -0.496 e. The highest BCUT2D eigenvalue weighted by atomic mass is 35.5. The normalized spacial score (nSPS) is 24.1. The number of amides is 1. The first kappa shape index (κ1) is 18.7. The zero-order chi connectivity index (χ0) is 17.4. The van der Waals surface area contributed by atoms with Crippen LogP contribution >= 0.6 is 12.4 Å². The van der Waals surface area contributed by atoms with E-state index in [9.17, 15) is 4.79 Å². The molecule has 0 bridgehead atoms. The average molecular weight is 373 g/mol. The number of hydrogen-bond acceptors (Lipinski definition) is 3. The van der Waals surface area contributed by atoms with Crippen molar-refractivity contribution in [1.29, 1.82) is 0 Å². The van der Waals surface area contributed by atoms with Crippen molar-refractivity contribution in [3.8, 4) is 5.75 Å². The molecule has 3 atom stereocenters. The van der Waals surface area contributed by atoms with Crippen LogP contribution in [0.4, 0.5) is 0 Å². The highest BCUT2D eigenvalue weighted by Gasteiger charge is 2.47. The van der Waals surface area contributed by atoms with Crippen LogP contribution < -0.4 is 10.1 Å². The fourth-order valence-electron chi connectivity index (χ4n) is 4.35. The highest BCUT2D eigenvalue weighted by molar-refractivity contribution is 5.97. The van der Waals surface area contributed by atoms with Crippen molar-refractivity contribution in [3.63, 3.8) is 0 Å². The monoisotopic (exact) mass is 372 g/mol. The number of halogens is 1. The number of nitrogens with one attached hydrogen (secondary N) is 1. The molecule has 2 aliphatic rings. The summed E-state index contributed by atoms with van der Waals surface area (Å²) in [7, 11) is 1.62. The second-order valence-electron chi connectivity index (χ2n) is 7.10. The van der Waals surface area contributed by atoms with Crippen LogP contribution in [0.2, 0.25) is 0 Å². The van der Waals surface area contributed by atoms with E-state index >= 15 is 0 Å². The summed E-state index contributed by atoms with van der Waals surface area (Å²) in [5.41, 5.74) is 2.96. The van der Waals surface area contributed by atoms with E-state index in [4.69, 9.17) is 4.74 Å². The SMILES string of the molecule is COc1ccc(C)cc1C(=O)N1C[C@@H]2CNC[C@@H]2[C@H]1c1ccccc1.Cl. The molecular weight excluding hydrogens is 348 g/mol. The van der Waals surface area contributed by atoms with Gasteiger partial charge in [0.25, 0.3) is 5.91 Å². The molecule has 0 unspecified atom stereocenters. The third-order valence-electron chi connectivity index (χ3n) is 5.55. The van der Waals surface area contributed by atoms with Gasteiger partial charge in [0.05, 0.1) is 18.7 Å². The van der Waals surface area contributed by atoms with Gasteiger partial charge in [-0.05, 0) is 30.5 Å². The van der Waals surface area contributed by atoms with Crippen LogP contribution in [0.3, 0.4) is 0 Å². The smallest absolute Gasteiger partial charge is 0.258 e. The second kappa shape index (κ2) is 7.68. The Balaban J connectivity index is 0.00000196. The van der Waals surface area contributed by atoms with Crippen LogP contribution in [0, 0.1) is 18.8 Å². The molecule has 4 rings (SSSR count). The number of nitrogens with zero attached hydrogens (tertiary/aromatic N) is 1. The first-order chi connectivity index (χ1) is 12.2. The Kier molecular flexibility index (Phi) is 5.54. The molecule has 2 aliphatic heterocycles. The zero-order valence-electron chi connectivity index (χ0n) is 15.1. The lowest BCUT2D eigenvalue weighted by Gasteiger charge is -2.29. The van der Waals surface area contributed by atoms with Gasteiger partial charge in [-0.3, -0.25) is 4.79 Å². The van der Waals surface area contributed by atoms with Gasteiger partial charge in [-0.15, -0.1) is 12.4 Å². The summed E-state index contributed by atoms with van der Waals surface area (Å²) >= 11 is 0. The van der Waals surface area contributed by atoms with Gasteiger partial charge in [-0.2, -0.15) is 0 Å². The first-order valence-corrected chi connectivity index (χ1v) is 8.90. The van der Waals surface area contributed by atoms with Crippen molar-refractivity contribution >= 4 is 18.3 Å². The molecule has 2 fully saturated rings. The number of hydrogen-bond donors (Lipinski definition) is 1. The topological polar surface area (TPSA) is 41.6 Å². The van der Waals surface area contributed by atoms with Gasteiger partial charge in [0.15, 0.2) is 0 Å². The molecule has 5 heteroatoms. The van der Waals surface area contributed by atoms with Gasteiger partial charge in [-0.1, -0.05) is 42.0 Å². The lowest BCUT2D eigenvalue weighted by molar-refractivity contribution is 0.0710. The molecular formula is C21H25ClN2O2. The van der Waals surface area contributed by atoms with Gasteiger partial charge in [0, 0.05) is 25.6 Å². The Morgan fingerprint density at radius 3 is 2.65 bits per heavy atom. The molecule has 2 aromatic carbocycles. The number of carbonyl (C=O) groups excluding carboxylic acids is 1. The summed E-state index contributed by atoms with van der Waals surface area (Å²) in [5.74, 6) is 1.72. The predicted molar refractivity (Wildman–Crippen MR) is 105 cm³/mol. The van der Waals surface area contributed by atoms with E-state index in [1.165, 1.54) is 5.56 Å².